The maximum atomic E-state index is 15.8. The number of benzene rings is 1. The molecule has 1 aromatic carbocycles. The molecule has 202 valence electrons. The van der Waals surface area contributed by atoms with E-state index in [1.54, 1.807) is 11.8 Å². The summed E-state index contributed by atoms with van der Waals surface area (Å²) in [7, 11) is 0. The van der Waals surface area contributed by atoms with Gasteiger partial charge < -0.3 is 25.4 Å². The van der Waals surface area contributed by atoms with Gasteiger partial charge in [-0.05, 0) is 42.3 Å². The zero-order chi connectivity index (χ0) is 27.4. The van der Waals surface area contributed by atoms with E-state index in [4.69, 9.17) is 4.74 Å². The standard InChI is InChI=1S/C25H24F5N5O3/c1-14-2-3-16(33-24(37)15-4-5-31-18(12-15)25(28,29)30)13-17(14)19-20(26)22(32-6-9-36)34-23(21(19)27)35-7-10-38-11-8-35/h2-5,12-13,36H,6-11H2,1H3,(H,32,34)(H,33,37). The van der Waals surface area contributed by atoms with Crippen molar-refractivity contribution in [1.82, 2.24) is 9.97 Å². The Morgan fingerprint density at radius 2 is 1.87 bits per heavy atom. The summed E-state index contributed by atoms with van der Waals surface area (Å²) < 4.78 is 75.7. The molecule has 0 spiro atoms. The lowest BCUT2D eigenvalue weighted by atomic mass is 9.98. The highest BCUT2D eigenvalue weighted by Crippen LogP contribution is 2.38. The largest absolute Gasteiger partial charge is 0.433 e. The second-order valence-corrected chi connectivity index (χ2v) is 8.45. The third kappa shape index (κ3) is 5.83. The van der Waals surface area contributed by atoms with Crippen LogP contribution in [0.3, 0.4) is 0 Å². The number of halogens is 5. The number of rotatable bonds is 7. The molecule has 0 radical (unpaired) electrons. The highest BCUT2D eigenvalue weighted by Gasteiger charge is 2.33. The van der Waals surface area contributed by atoms with E-state index in [2.05, 4.69) is 20.6 Å². The molecule has 0 bridgehead atoms. The molecule has 1 fully saturated rings. The van der Waals surface area contributed by atoms with Crippen LogP contribution < -0.4 is 15.5 Å². The minimum Gasteiger partial charge on any atom is -0.395 e. The third-order valence-electron chi connectivity index (χ3n) is 5.85. The van der Waals surface area contributed by atoms with Gasteiger partial charge in [0.1, 0.15) is 5.69 Å². The van der Waals surface area contributed by atoms with Gasteiger partial charge in [-0.3, -0.25) is 9.78 Å². The summed E-state index contributed by atoms with van der Waals surface area (Å²) >= 11 is 0. The van der Waals surface area contributed by atoms with E-state index >= 15 is 8.78 Å². The van der Waals surface area contributed by atoms with Crippen LogP contribution in [-0.4, -0.2) is 60.4 Å². The summed E-state index contributed by atoms with van der Waals surface area (Å²) in [5, 5.41) is 14.3. The molecule has 0 aliphatic carbocycles. The van der Waals surface area contributed by atoms with Gasteiger partial charge >= 0.3 is 6.18 Å². The van der Waals surface area contributed by atoms with Crippen LogP contribution in [0.1, 0.15) is 21.6 Å². The van der Waals surface area contributed by atoms with Crippen LogP contribution in [0.2, 0.25) is 0 Å². The Hall–Kier alpha value is -3.84. The lowest BCUT2D eigenvalue weighted by Crippen LogP contribution is -2.37. The van der Waals surface area contributed by atoms with Crippen molar-refractivity contribution in [2.45, 2.75) is 13.1 Å². The molecule has 3 N–H and O–H groups in total. The Kier molecular flexibility index (Phi) is 8.07. The van der Waals surface area contributed by atoms with E-state index in [9.17, 15) is 23.1 Å². The number of nitrogens with zero attached hydrogens (tertiary/aromatic N) is 3. The Morgan fingerprint density at radius 3 is 2.55 bits per heavy atom. The van der Waals surface area contributed by atoms with Crippen LogP contribution in [0.4, 0.5) is 39.3 Å². The number of hydrogen-bond acceptors (Lipinski definition) is 7. The number of aryl methyl sites for hydroxylation is 1. The summed E-state index contributed by atoms with van der Waals surface area (Å²) in [4.78, 5) is 21.6. The van der Waals surface area contributed by atoms with Crippen molar-refractivity contribution < 1.29 is 36.6 Å². The normalized spacial score (nSPS) is 13.9. The maximum Gasteiger partial charge on any atom is 0.433 e. The fraction of sp³-hybridized carbons (Fsp3) is 0.320. The van der Waals surface area contributed by atoms with Gasteiger partial charge in [0.25, 0.3) is 5.91 Å². The number of pyridine rings is 2. The predicted octanol–water partition coefficient (Wildman–Crippen LogP) is 4.24. The Labute approximate surface area is 214 Å². The van der Waals surface area contributed by atoms with Crippen LogP contribution in [0.25, 0.3) is 11.1 Å². The number of aromatic nitrogens is 2. The van der Waals surface area contributed by atoms with Crippen LogP contribution in [0, 0.1) is 18.6 Å². The number of amides is 1. The van der Waals surface area contributed by atoms with Crippen LogP contribution in [0.15, 0.2) is 36.5 Å². The number of aliphatic hydroxyl groups excluding tert-OH is 1. The SMILES string of the molecule is Cc1ccc(NC(=O)c2ccnc(C(F)(F)F)c2)cc1-c1c(F)c(NCCO)nc(N2CCOCC2)c1F. The molecule has 0 unspecified atom stereocenters. The van der Waals surface area contributed by atoms with E-state index in [1.165, 1.54) is 18.2 Å². The number of carbonyl (C=O) groups excluding carboxylic acids is 1. The number of ether oxygens (including phenoxy) is 1. The smallest absolute Gasteiger partial charge is 0.395 e. The molecular formula is C25H24F5N5O3. The minimum absolute atomic E-state index is 0.0293. The fourth-order valence-corrected chi connectivity index (χ4v) is 3.94. The topological polar surface area (TPSA) is 99.6 Å². The molecule has 3 aromatic rings. The monoisotopic (exact) mass is 537 g/mol. The van der Waals surface area contributed by atoms with Crippen molar-refractivity contribution in [2.24, 2.45) is 0 Å². The van der Waals surface area contributed by atoms with Gasteiger partial charge in [-0.2, -0.15) is 13.2 Å². The van der Waals surface area contributed by atoms with Crippen LogP contribution in [0.5, 0.6) is 0 Å². The van der Waals surface area contributed by atoms with E-state index in [-0.39, 0.29) is 41.6 Å². The first-order valence-corrected chi connectivity index (χ1v) is 11.6. The maximum absolute atomic E-state index is 15.8. The average Bonchev–Trinajstić information content (AvgIpc) is 2.90. The van der Waals surface area contributed by atoms with Gasteiger partial charge in [0.2, 0.25) is 0 Å². The second-order valence-electron chi connectivity index (χ2n) is 8.45. The first kappa shape index (κ1) is 27.2. The highest BCUT2D eigenvalue weighted by molar-refractivity contribution is 6.04. The number of alkyl halides is 3. The molecule has 1 aliphatic heterocycles. The first-order valence-electron chi connectivity index (χ1n) is 11.6. The molecule has 0 saturated carbocycles. The molecule has 1 amide bonds. The van der Waals surface area contributed by atoms with Gasteiger partial charge in [-0.15, -0.1) is 0 Å². The molecule has 2 aromatic heterocycles. The van der Waals surface area contributed by atoms with Crippen molar-refractivity contribution in [3.63, 3.8) is 0 Å². The van der Waals surface area contributed by atoms with Crippen molar-refractivity contribution in [2.75, 3.05) is 55.0 Å². The summed E-state index contributed by atoms with van der Waals surface area (Å²) in [6.07, 6.45) is -3.86. The average molecular weight is 537 g/mol. The van der Waals surface area contributed by atoms with Crippen LogP contribution >= 0.6 is 0 Å². The minimum atomic E-state index is -4.73. The van der Waals surface area contributed by atoms with E-state index in [0.717, 1.165) is 12.3 Å². The highest BCUT2D eigenvalue weighted by atomic mass is 19.4. The van der Waals surface area contributed by atoms with Gasteiger partial charge in [-0.25, -0.2) is 13.8 Å². The lowest BCUT2D eigenvalue weighted by molar-refractivity contribution is -0.141. The van der Waals surface area contributed by atoms with Gasteiger partial charge in [0.05, 0.1) is 25.4 Å². The zero-order valence-corrected chi connectivity index (χ0v) is 20.2. The molecule has 1 aliphatic rings. The Bertz CT molecular complexity index is 1330. The summed E-state index contributed by atoms with van der Waals surface area (Å²) in [6, 6.07) is 6.05. The molecule has 8 nitrogen and oxygen atoms in total. The number of morpholine rings is 1. The molecule has 13 heteroatoms. The van der Waals surface area contributed by atoms with Gasteiger partial charge in [0.15, 0.2) is 23.3 Å². The summed E-state index contributed by atoms with van der Waals surface area (Å²) in [5.41, 5.74) is -1.24. The van der Waals surface area contributed by atoms with Gasteiger partial charge in [0, 0.05) is 37.1 Å². The Balaban J connectivity index is 1.74. The fourth-order valence-electron chi connectivity index (χ4n) is 3.94. The number of anilines is 3. The molecule has 3 heterocycles. The molecule has 0 atom stereocenters. The van der Waals surface area contributed by atoms with Gasteiger partial charge in [-0.1, -0.05) is 6.07 Å². The summed E-state index contributed by atoms with van der Waals surface area (Å²) in [5.74, 6) is -3.14. The molecular weight excluding hydrogens is 513 g/mol. The zero-order valence-electron chi connectivity index (χ0n) is 20.2. The van der Waals surface area contributed by atoms with Crippen LogP contribution in [-0.2, 0) is 10.9 Å². The van der Waals surface area contributed by atoms with Crippen molar-refractivity contribution >= 4 is 23.2 Å². The second kappa shape index (κ2) is 11.3. The third-order valence-corrected chi connectivity index (χ3v) is 5.85. The number of hydrogen-bond donors (Lipinski definition) is 3. The van der Waals surface area contributed by atoms with Crippen molar-refractivity contribution in [3.05, 3.63) is 65.0 Å². The molecule has 4 rings (SSSR count). The van der Waals surface area contributed by atoms with E-state index in [0.29, 0.717) is 37.9 Å². The molecule has 1 saturated heterocycles. The number of nitrogens with one attached hydrogen (secondary N) is 2. The van der Waals surface area contributed by atoms with Crippen molar-refractivity contribution in [1.29, 1.82) is 0 Å². The quantitative estimate of drug-likeness (QED) is 0.388. The first-order chi connectivity index (χ1) is 18.1. The Morgan fingerprint density at radius 1 is 1.13 bits per heavy atom. The number of aliphatic hydroxyl groups is 1. The lowest BCUT2D eigenvalue weighted by Gasteiger charge is -2.29. The van der Waals surface area contributed by atoms with E-state index < -0.39 is 35.0 Å². The molecule has 38 heavy (non-hydrogen) atoms. The predicted molar refractivity (Wildman–Crippen MR) is 130 cm³/mol. The summed E-state index contributed by atoms with van der Waals surface area (Å²) in [6.45, 7) is 2.60. The number of carbonyl (C=O) groups is 1. The van der Waals surface area contributed by atoms with Crippen molar-refractivity contribution in [3.8, 4) is 11.1 Å². The van der Waals surface area contributed by atoms with E-state index in [1.807, 2.05) is 0 Å².